The van der Waals surface area contributed by atoms with Gasteiger partial charge in [-0.3, -0.25) is 4.79 Å². The number of hydrogen-bond acceptors (Lipinski definition) is 2. The standard InChI is InChI=1S/C8H16O3/c1-6(5-7(9)10)11-8(2,3)4/h6H,5H2,1-4H3,(H,9,10)/t6-/m1/s1. The lowest BCUT2D eigenvalue weighted by Gasteiger charge is -2.23. The topological polar surface area (TPSA) is 46.5 Å². The number of carboxylic acid groups (broad SMARTS) is 1. The minimum atomic E-state index is -0.818. The summed E-state index contributed by atoms with van der Waals surface area (Å²) in [5.41, 5.74) is -0.255. The monoisotopic (exact) mass is 160 g/mol. The van der Waals surface area contributed by atoms with Crippen LogP contribution in [0.2, 0.25) is 0 Å². The van der Waals surface area contributed by atoms with E-state index in [1.165, 1.54) is 0 Å². The summed E-state index contributed by atoms with van der Waals surface area (Å²) in [6.45, 7) is 7.49. The second-order valence-corrected chi connectivity index (χ2v) is 3.64. The van der Waals surface area contributed by atoms with Crippen molar-refractivity contribution < 1.29 is 14.6 Å². The fourth-order valence-electron chi connectivity index (χ4n) is 0.891. The highest BCUT2D eigenvalue weighted by Gasteiger charge is 2.16. The molecule has 0 rings (SSSR count). The summed E-state index contributed by atoms with van der Waals surface area (Å²) in [7, 11) is 0. The SMILES string of the molecule is C[C@H](CC(=O)O)OC(C)(C)C. The summed E-state index contributed by atoms with van der Waals surface area (Å²) >= 11 is 0. The normalized spacial score (nSPS) is 14.5. The minimum Gasteiger partial charge on any atom is -0.481 e. The van der Waals surface area contributed by atoms with E-state index in [1.807, 2.05) is 20.8 Å². The van der Waals surface area contributed by atoms with Crippen LogP contribution in [0.1, 0.15) is 34.1 Å². The summed E-state index contributed by atoms with van der Waals surface area (Å²) in [6.07, 6.45) is -0.149. The molecule has 1 atom stereocenters. The van der Waals surface area contributed by atoms with Crippen molar-refractivity contribution in [2.75, 3.05) is 0 Å². The van der Waals surface area contributed by atoms with Crippen molar-refractivity contribution in [1.82, 2.24) is 0 Å². The Hall–Kier alpha value is -0.570. The Morgan fingerprint density at radius 1 is 1.55 bits per heavy atom. The molecule has 3 nitrogen and oxygen atoms in total. The van der Waals surface area contributed by atoms with Gasteiger partial charge in [-0.1, -0.05) is 0 Å². The van der Waals surface area contributed by atoms with Crippen molar-refractivity contribution >= 4 is 5.97 Å². The Balaban J connectivity index is 3.69. The average molecular weight is 160 g/mol. The second kappa shape index (κ2) is 3.72. The molecule has 0 aliphatic rings. The third kappa shape index (κ3) is 7.33. The van der Waals surface area contributed by atoms with Gasteiger partial charge in [0.05, 0.1) is 18.1 Å². The molecule has 11 heavy (non-hydrogen) atoms. The molecule has 0 spiro atoms. The van der Waals surface area contributed by atoms with Gasteiger partial charge in [0, 0.05) is 0 Å². The van der Waals surface area contributed by atoms with Crippen molar-refractivity contribution in [3.63, 3.8) is 0 Å². The summed E-state index contributed by atoms with van der Waals surface area (Å²) < 4.78 is 5.37. The van der Waals surface area contributed by atoms with E-state index in [2.05, 4.69) is 0 Å². The highest BCUT2D eigenvalue weighted by Crippen LogP contribution is 2.12. The number of rotatable bonds is 3. The Kier molecular flexibility index (Phi) is 3.52. The summed E-state index contributed by atoms with van der Waals surface area (Å²) in [4.78, 5) is 10.2. The second-order valence-electron chi connectivity index (χ2n) is 3.64. The molecule has 0 radical (unpaired) electrons. The lowest BCUT2D eigenvalue weighted by atomic mass is 10.1. The van der Waals surface area contributed by atoms with Gasteiger partial charge in [0.2, 0.25) is 0 Å². The molecule has 0 unspecified atom stereocenters. The van der Waals surface area contributed by atoms with Crippen LogP contribution in [0, 0.1) is 0 Å². The number of aliphatic carboxylic acids is 1. The first-order valence-corrected chi connectivity index (χ1v) is 3.71. The van der Waals surface area contributed by atoms with Crippen LogP contribution in [-0.4, -0.2) is 22.8 Å². The van der Waals surface area contributed by atoms with Gasteiger partial charge < -0.3 is 9.84 Å². The Morgan fingerprint density at radius 3 is 2.27 bits per heavy atom. The summed E-state index contributed by atoms with van der Waals surface area (Å²) in [5.74, 6) is -0.818. The molecule has 0 aromatic rings. The molecule has 0 aromatic heterocycles. The van der Waals surface area contributed by atoms with Gasteiger partial charge in [0.25, 0.3) is 0 Å². The van der Waals surface area contributed by atoms with Gasteiger partial charge in [0.1, 0.15) is 0 Å². The van der Waals surface area contributed by atoms with Crippen LogP contribution in [-0.2, 0) is 9.53 Å². The first kappa shape index (κ1) is 10.4. The molecule has 0 heterocycles. The number of carbonyl (C=O) groups is 1. The smallest absolute Gasteiger partial charge is 0.305 e. The number of ether oxygens (including phenoxy) is 1. The van der Waals surface area contributed by atoms with E-state index in [0.29, 0.717) is 0 Å². The van der Waals surface area contributed by atoms with Crippen LogP contribution < -0.4 is 0 Å². The molecule has 0 amide bonds. The van der Waals surface area contributed by atoms with Gasteiger partial charge in [-0.15, -0.1) is 0 Å². The first-order chi connectivity index (χ1) is 4.81. The molecule has 1 N–H and O–H groups in total. The lowest BCUT2D eigenvalue weighted by molar-refractivity contribution is -0.142. The third-order valence-corrected chi connectivity index (χ3v) is 1.02. The van der Waals surface area contributed by atoms with E-state index in [-0.39, 0.29) is 18.1 Å². The van der Waals surface area contributed by atoms with Gasteiger partial charge in [-0.25, -0.2) is 0 Å². The van der Waals surface area contributed by atoms with Crippen molar-refractivity contribution in [2.24, 2.45) is 0 Å². The van der Waals surface area contributed by atoms with Crippen molar-refractivity contribution in [3.05, 3.63) is 0 Å². The Morgan fingerprint density at radius 2 is 2.00 bits per heavy atom. The first-order valence-electron chi connectivity index (χ1n) is 3.71. The fraction of sp³-hybridized carbons (Fsp3) is 0.875. The average Bonchev–Trinajstić information content (AvgIpc) is 1.53. The quantitative estimate of drug-likeness (QED) is 0.683. The van der Waals surface area contributed by atoms with E-state index in [9.17, 15) is 4.79 Å². The zero-order valence-electron chi connectivity index (χ0n) is 7.55. The summed E-state index contributed by atoms with van der Waals surface area (Å²) in [6, 6.07) is 0. The lowest BCUT2D eigenvalue weighted by Crippen LogP contribution is -2.27. The predicted octanol–water partition coefficient (Wildman–Crippen LogP) is 1.66. The van der Waals surface area contributed by atoms with E-state index in [4.69, 9.17) is 9.84 Å². The summed E-state index contributed by atoms with van der Waals surface area (Å²) in [5, 5.41) is 8.40. The molecule has 0 bridgehead atoms. The van der Waals surface area contributed by atoms with Gasteiger partial charge in [0.15, 0.2) is 0 Å². The molecule has 0 fully saturated rings. The Labute approximate surface area is 67.4 Å². The molecule has 0 aliphatic heterocycles. The molecule has 0 saturated carbocycles. The highest BCUT2D eigenvalue weighted by atomic mass is 16.5. The maximum absolute atomic E-state index is 10.2. The van der Waals surface area contributed by atoms with Gasteiger partial charge in [-0.2, -0.15) is 0 Å². The van der Waals surface area contributed by atoms with Crippen LogP contribution in [0.25, 0.3) is 0 Å². The fourth-order valence-corrected chi connectivity index (χ4v) is 0.891. The maximum atomic E-state index is 10.2. The number of hydrogen-bond donors (Lipinski definition) is 1. The molecule has 3 heteroatoms. The van der Waals surface area contributed by atoms with Gasteiger partial charge in [-0.05, 0) is 27.7 Å². The van der Waals surface area contributed by atoms with Crippen LogP contribution in [0.15, 0.2) is 0 Å². The zero-order chi connectivity index (χ0) is 9.07. The van der Waals surface area contributed by atoms with Crippen LogP contribution >= 0.6 is 0 Å². The highest BCUT2D eigenvalue weighted by molar-refractivity contribution is 5.67. The van der Waals surface area contributed by atoms with Crippen LogP contribution in [0.5, 0.6) is 0 Å². The molecule has 0 aliphatic carbocycles. The van der Waals surface area contributed by atoms with Crippen molar-refractivity contribution in [1.29, 1.82) is 0 Å². The predicted molar refractivity (Wildman–Crippen MR) is 42.6 cm³/mol. The molecule has 0 aromatic carbocycles. The number of carboxylic acids is 1. The van der Waals surface area contributed by atoms with Crippen molar-refractivity contribution in [3.8, 4) is 0 Å². The zero-order valence-corrected chi connectivity index (χ0v) is 7.55. The molecular weight excluding hydrogens is 144 g/mol. The maximum Gasteiger partial charge on any atom is 0.305 e. The van der Waals surface area contributed by atoms with E-state index in [0.717, 1.165) is 0 Å². The van der Waals surface area contributed by atoms with Crippen molar-refractivity contribution in [2.45, 2.75) is 45.8 Å². The van der Waals surface area contributed by atoms with Gasteiger partial charge >= 0.3 is 5.97 Å². The largest absolute Gasteiger partial charge is 0.481 e. The van der Waals surface area contributed by atoms with E-state index < -0.39 is 5.97 Å². The molecule has 66 valence electrons. The molecular formula is C8H16O3. The third-order valence-electron chi connectivity index (χ3n) is 1.02. The van der Waals surface area contributed by atoms with E-state index in [1.54, 1.807) is 6.92 Å². The van der Waals surface area contributed by atoms with Crippen LogP contribution in [0.4, 0.5) is 0 Å². The van der Waals surface area contributed by atoms with Crippen LogP contribution in [0.3, 0.4) is 0 Å². The minimum absolute atomic E-state index is 0.0667. The molecule has 0 saturated heterocycles. The van der Waals surface area contributed by atoms with E-state index >= 15 is 0 Å². The Bertz CT molecular complexity index is 135.